The van der Waals surface area contributed by atoms with Gasteiger partial charge in [-0.1, -0.05) is 65.2 Å². The van der Waals surface area contributed by atoms with Crippen LogP contribution in [0.15, 0.2) is 42.5 Å². The number of carbonyl (C=O) groups excluding carboxylic acids is 2. The van der Waals surface area contributed by atoms with Gasteiger partial charge in [0.25, 0.3) is 5.91 Å². The van der Waals surface area contributed by atoms with Crippen molar-refractivity contribution in [1.29, 1.82) is 0 Å². The molecular weight excluding hydrogens is 486 g/mol. The second kappa shape index (κ2) is 10.3. The molecule has 1 aromatic rings. The molecule has 5 nitrogen and oxygen atoms in total. The van der Waals surface area contributed by atoms with Crippen LogP contribution in [0.25, 0.3) is 6.08 Å². The Hall–Kier alpha value is -2.24. The van der Waals surface area contributed by atoms with E-state index in [0.717, 1.165) is 49.7 Å². The lowest BCUT2D eigenvalue weighted by Gasteiger charge is -2.61. The summed E-state index contributed by atoms with van der Waals surface area (Å²) in [5.74, 6) is -0.265. The van der Waals surface area contributed by atoms with Gasteiger partial charge in [0.1, 0.15) is 0 Å². The summed E-state index contributed by atoms with van der Waals surface area (Å²) < 4.78 is 0. The van der Waals surface area contributed by atoms with Crippen LogP contribution >= 0.6 is 0 Å². The maximum absolute atomic E-state index is 14.3. The molecule has 4 aliphatic carbocycles. The summed E-state index contributed by atoms with van der Waals surface area (Å²) in [5, 5.41) is 26.6. The van der Waals surface area contributed by atoms with Crippen molar-refractivity contribution in [1.82, 2.24) is 5.32 Å². The number of aliphatic hydroxyl groups excluding tert-OH is 2. The summed E-state index contributed by atoms with van der Waals surface area (Å²) in [7, 11) is 0. The van der Waals surface area contributed by atoms with Gasteiger partial charge < -0.3 is 15.5 Å². The van der Waals surface area contributed by atoms with Crippen molar-refractivity contribution >= 4 is 17.8 Å². The SMILES string of the molecule is C=C[C@]1(C)C[C@@H](O)[C@]2(C)[C@H](C)CC[C@]3(C/C(=C\c4cccc(C(=O)NC5CCCCC5)c4)C(=O)[C@H]32)[C@@H](C)[C@@H]1O. The van der Waals surface area contributed by atoms with E-state index in [1.807, 2.05) is 37.3 Å². The first-order chi connectivity index (χ1) is 18.5. The van der Waals surface area contributed by atoms with Gasteiger partial charge in [0.2, 0.25) is 0 Å². The molecule has 3 N–H and O–H groups in total. The first kappa shape index (κ1) is 28.3. The third-order valence-corrected chi connectivity index (χ3v) is 11.7. The largest absolute Gasteiger partial charge is 0.392 e. The monoisotopic (exact) mass is 533 g/mol. The van der Waals surface area contributed by atoms with E-state index < -0.39 is 28.5 Å². The zero-order valence-electron chi connectivity index (χ0n) is 24.2. The molecule has 4 fully saturated rings. The standard InChI is InChI=1S/C34H47NO4/c1-6-32(4)20-27(36)33(5)21(2)15-16-34(22(3)30(32)38)19-25(28(37)29(33)34)18-23-11-10-12-24(17-23)31(39)35-26-13-8-7-9-14-26/h6,10-12,17-18,21-22,26-27,29-30,36,38H,1,7-9,13-16,19-20H2,2-5H3,(H,35,39)/b25-18+/t21-,22+,27-,29+,30+,32-,33+,34+/m1/s1. The number of Topliss-reactive ketones (excluding diaryl/α,β-unsaturated/α-hetero) is 1. The number of hydrogen-bond acceptors (Lipinski definition) is 4. The Bertz CT molecular complexity index is 1170. The Morgan fingerprint density at radius 1 is 1.10 bits per heavy atom. The molecule has 0 saturated heterocycles. The van der Waals surface area contributed by atoms with Gasteiger partial charge in [-0.15, -0.1) is 6.58 Å². The highest BCUT2D eigenvalue weighted by molar-refractivity contribution is 6.05. The molecule has 1 amide bonds. The van der Waals surface area contributed by atoms with Crippen molar-refractivity contribution in [2.45, 2.75) is 104 Å². The van der Waals surface area contributed by atoms with Gasteiger partial charge in [-0.2, -0.15) is 0 Å². The molecule has 4 saturated carbocycles. The van der Waals surface area contributed by atoms with Crippen molar-refractivity contribution < 1.29 is 19.8 Å². The van der Waals surface area contributed by atoms with E-state index in [1.165, 1.54) is 6.42 Å². The van der Waals surface area contributed by atoms with Crippen molar-refractivity contribution in [3.05, 3.63) is 53.6 Å². The Morgan fingerprint density at radius 2 is 1.82 bits per heavy atom. The molecule has 39 heavy (non-hydrogen) atoms. The molecule has 0 unspecified atom stereocenters. The van der Waals surface area contributed by atoms with Crippen molar-refractivity contribution in [3.63, 3.8) is 0 Å². The Labute approximate surface area is 234 Å². The molecule has 8 atom stereocenters. The highest BCUT2D eigenvalue weighted by atomic mass is 16.3. The summed E-state index contributed by atoms with van der Waals surface area (Å²) >= 11 is 0. The number of carbonyl (C=O) groups is 2. The Balaban J connectivity index is 1.51. The topological polar surface area (TPSA) is 86.6 Å². The van der Waals surface area contributed by atoms with E-state index >= 15 is 0 Å². The molecule has 5 rings (SSSR count). The molecule has 0 radical (unpaired) electrons. The van der Waals surface area contributed by atoms with E-state index in [9.17, 15) is 19.8 Å². The number of amides is 1. The molecule has 0 heterocycles. The second-order valence-electron chi connectivity index (χ2n) is 13.8. The third kappa shape index (κ3) is 4.54. The predicted octanol–water partition coefficient (Wildman–Crippen LogP) is 6.10. The molecule has 0 spiro atoms. The lowest BCUT2D eigenvalue weighted by atomic mass is 9.44. The quantitative estimate of drug-likeness (QED) is 0.323. The number of nitrogens with one attached hydrogen (secondary N) is 1. The second-order valence-corrected chi connectivity index (χ2v) is 13.8. The van der Waals surface area contributed by atoms with Gasteiger partial charge in [0, 0.05) is 28.4 Å². The summed E-state index contributed by atoms with van der Waals surface area (Å²) in [4.78, 5) is 27.3. The number of hydrogen-bond donors (Lipinski definition) is 3. The van der Waals surface area contributed by atoms with Gasteiger partial charge in [0.15, 0.2) is 5.78 Å². The fourth-order valence-corrected chi connectivity index (χ4v) is 8.83. The number of ketones is 1. The molecule has 0 aliphatic heterocycles. The highest BCUT2D eigenvalue weighted by Crippen LogP contribution is 2.68. The molecule has 1 aromatic carbocycles. The van der Waals surface area contributed by atoms with Crippen LogP contribution in [0.1, 0.15) is 101 Å². The van der Waals surface area contributed by atoms with E-state index in [4.69, 9.17) is 0 Å². The molecule has 2 bridgehead atoms. The van der Waals surface area contributed by atoms with Crippen LogP contribution < -0.4 is 5.32 Å². The van der Waals surface area contributed by atoms with Crippen molar-refractivity contribution in [2.75, 3.05) is 0 Å². The normalized spacial score (nSPS) is 41.9. The van der Waals surface area contributed by atoms with Gasteiger partial charge in [-0.05, 0) is 85.1 Å². The Morgan fingerprint density at radius 3 is 2.51 bits per heavy atom. The third-order valence-electron chi connectivity index (χ3n) is 11.7. The van der Waals surface area contributed by atoms with E-state index in [0.29, 0.717) is 18.4 Å². The number of benzene rings is 1. The van der Waals surface area contributed by atoms with Crippen LogP contribution in [-0.2, 0) is 4.79 Å². The van der Waals surface area contributed by atoms with E-state index in [-0.39, 0.29) is 35.5 Å². The van der Waals surface area contributed by atoms with Gasteiger partial charge in [0.05, 0.1) is 12.2 Å². The van der Waals surface area contributed by atoms with Crippen molar-refractivity contribution in [2.24, 2.45) is 34.0 Å². The van der Waals surface area contributed by atoms with Crippen LogP contribution in [0.2, 0.25) is 0 Å². The maximum Gasteiger partial charge on any atom is 0.251 e. The predicted molar refractivity (Wildman–Crippen MR) is 155 cm³/mol. The molecule has 0 aromatic heterocycles. The van der Waals surface area contributed by atoms with Crippen molar-refractivity contribution in [3.8, 4) is 0 Å². The van der Waals surface area contributed by atoms with Crippen LogP contribution in [0.3, 0.4) is 0 Å². The summed E-state index contributed by atoms with van der Waals surface area (Å²) in [5.41, 5.74) is 0.558. The molecule has 212 valence electrons. The molecular formula is C34H47NO4. The minimum absolute atomic E-state index is 0.0547. The summed E-state index contributed by atoms with van der Waals surface area (Å²) in [6, 6.07) is 7.80. The number of aliphatic hydroxyl groups is 2. The van der Waals surface area contributed by atoms with Crippen LogP contribution in [0.5, 0.6) is 0 Å². The Kier molecular flexibility index (Phi) is 7.47. The van der Waals surface area contributed by atoms with Gasteiger partial charge >= 0.3 is 0 Å². The number of rotatable bonds is 4. The smallest absolute Gasteiger partial charge is 0.251 e. The van der Waals surface area contributed by atoms with Crippen LogP contribution in [-0.4, -0.2) is 40.2 Å². The number of allylic oxidation sites excluding steroid dienone is 1. The van der Waals surface area contributed by atoms with E-state index in [1.54, 1.807) is 6.08 Å². The lowest BCUT2D eigenvalue weighted by molar-refractivity contribution is -0.191. The zero-order chi connectivity index (χ0) is 28.2. The zero-order valence-corrected chi connectivity index (χ0v) is 24.2. The van der Waals surface area contributed by atoms with Gasteiger partial charge in [-0.3, -0.25) is 9.59 Å². The average Bonchev–Trinajstić information content (AvgIpc) is 3.22. The highest BCUT2D eigenvalue weighted by Gasteiger charge is 2.68. The first-order valence-corrected chi connectivity index (χ1v) is 15.1. The fraction of sp³-hybridized carbons (Fsp3) is 0.647. The summed E-state index contributed by atoms with van der Waals surface area (Å²) in [6.45, 7) is 12.4. The average molecular weight is 534 g/mol. The van der Waals surface area contributed by atoms with E-state index in [2.05, 4.69) is 32.7 Å². The fourth-order valence-electron chi connectivity index (χ4n) is 8.83. The van der Waals surface area contributed by atoms with Crippen LogP contribution in [0.4, 0.5) is 0 Å². The summed E-state index contributed by atoms with van der Waals surface area (Å²) in [6.07, 6.45) is 10.7. The molecule has 5 heteroatoms. The lowest BCUT2D eigenvalue weighted by Crippen LogP contribution is -2.62. The maximum atomic E-state index is 14.3. The van der Waals surface area contributed by atoms with Gasteiger partial charge in [-0.25, -0.2) is 0 Å². The minimum atomic E-state index is -0.725. The first-order valence-electron chi connectivity index (χ1n) is 15.1. The van der Waals surface area contributed by atoms with Crippen LogP contribution in [0, 0.1) is 34.0 Å². The molecule has 4 aliphatic rings. The minimum Gasteiger partial charge on any atom is -0.392 e.